The maximum atomic E-state index is 11.6. The Bertz CT molecular complexity index is 449. The van der Waals surface area contributed by atoms with Crippen LogP contribution >= 0.6 is 12.4 Å². The van der Waals surface area contributed by atoms with Crippen molar-refractivity contribution in [2.75, 3.05) is 6.54 Å². The molecule has 4 N–H and O–H groups in total. The lowest BCUT2D eigenvalue weighted by molar-refractivity contribution is -0.141. The molecule has 110 valence electrons. The third kappa shape index (κ3) is 6.92. The fraction of sp³-hybridized carbons (Fsp3) is 0.286. The van der Waals surface area contributed by atoms with Crippen molar-refractivity contribution in [3.05, 3.63) is 42.0 Å². The highest BCUT2D eigenvalue weighted by atomic mass is 35.5. The van der Waals surface area contributed by atoms with Crippen LogP contribution in [-0.4, -0.2) is 29.6 Å². The van der Waals surface area contributed by atoms with Gasteiger partial charge >= 0.3 is 5.97 Å². The first kappa shape index (κ1) is 18.1. The number of carboxylic acids is 1. The average Bonchev–Trinajstić information content (AvgIpc) is 2.42. The van der Waals surface area contributed by atoms with Crippen LogP contribution in [0.15, 0.2) is 36.4 Å². The lowest BCUT2D eigenvalue weighted by atomic mass is 10.1. The highest BCUT2D eigenvalue weighted by molar-refractivity contribution is 5.94. The number of carbonyl (C=O) groups is 2. The Hall–Kier alpha value is -1.85. The van der Waals surface area contributed by atoms with E-state index in [1.807, 2.05) is 30.3 Å². The maximum absolute atomic E-state index is 11.6. The number of nitrogens with one attached hydrogen (secondary N) is 1. The second kappa shape index (κ2) is 10.00. The third-order valence-electron chi connectivity index (χ3n) is 2.54. The van der Waals surface area contributed by atoms with Crippen molar-refractivity contribution in [2.45, 2.75) is 18.9 Å². The first-order valence-electron chi connectivity index (χ1n) is 6.10. The van der Waals surface area contributed by atoms with Crippen LogP contribution in [-0.2, 0) is 9.59 Å². The Morgan fingerprint density at radius 2 is 1.95 bits per heavy atom. The van der Waals surface area contributed by atoms with Gasteiger partial charge in [-0.15, -0.1) is 12.4 Å². The van der Waals surface area contributed by atoms with E-state index in [0.717, 1.165) is 5.56 Å². The Kier molecular flexibility index (Phi) is 9.07. The molecule has 1 rings (SSSR count). The van der Waals surface area contributed by atoms with Gasteiger partial charge in [-0.05, 0) is 31.0 Å². The van der Waals surface area contributed by atoms with E-state index in [9.17, 15) is 9.59 Å². The summed E-state index contributed by atoms with van der Waals surface area (Å²) in [5.74, 6) is -1.47. The van der Waals surface area contributed by atoms with Gasteiger partial charge < -0.3 is 16.2 Å². The predicted molar refractivity (Wildman–Crippen MR) is 80.6 cm³/mol. The van der Waals surface area contributed by atoms with Crippen LogP contribution in [0.3, 0.4) is 0 Å². The van der Waals surface area contributed by atoms with Crippen molar-refractivity contribution in [1.82, 2.24) is 5.32 Å². The zero-order chi connectivity index (χ0) is 14.1. The third-order valence-corrected chi connectivity index (χ3v) is 2.54. The fourth-order valence-electron chi connectivity index (χ4n) is 1.54. The van der Waals surface area contributed by atoms with Gasteiger partial charge in [0.05, 0.1) is 0 Å². The predicted octanol–water partition coefficient (Wildman–Crippen LogP) is 1.43. The van der Waals surface area contributed by atoms with Gasteiger partial charge in [-0.2, -0.15) is 0 Å². The molecule has 1 aromatic carbocycles. The highest BCUT2D eigenvalue weighted by Gasteiger charge is 2.17. The van der Waals surface area contributed by atoms with Crippen molar-refractivity contribution in [3.63, 3.8) is 0 Å². The van der Waals surface area contributed by atoms with Crippen LogP contribution in [0.5, 0.6) is 0 Å². The van der Waals surface area contributed by atoms with E-state index in [4.69, 9.17) is 10.8 Å². The van der Waals surface area contributed by atoms with Gasteiger partial charge in [0, 0.05) is 6.08 Å². The molecule has 0 fully saturated rings. The van der Waals surface area contributed by atoms with Gasteiger partial charge in [-0.3, -0.25) is 4.79 Å². The van der Waals surface area contributed by atoms with Crippen molar-refractivity contribution < 1.29 is 14.7 Å². The summed E-state index contributed by atoms with van der Waals surface area (Å²) in [7, 11) is 0. The Balaban J connectivity index is 0.00000361. The normalized spacial score (nSPS) is 11.7. The second-order valence-electron chi connectivity index (χ2n) is 4.07. The number of hydrogen-bond donors (Lipinski definition) is 3. The number of nitrogens with two attached hydrogens (primary N) is 1. The first-order valence-corrected chi connectivity index (χ1v) is 6.10. The highest BCUT2D eigenvalue weighted by Crippen LogP contribution is 2.01. The summed E-state index contributed by atoms with van der Waals surface area (Å²) in [6.45, 7) is 0.402. The van der Waals surface area contributed by atoms with Gasteiger partial charge in [0.15, 0.2) is 0 Å². The van der Waals surface area contributed by atoms with Crippen LogP contribution in [0.4, 0.5) is 0 Å². The smallest absolute Gasteiger partial charge is 0.326 e. The standard InChI is InChI=1S/C14H18N2O3.ClH/c15-10-4-7-12(14(18)19)16-13(17)9-8-11-5-2-1-3-6-11;/h1-3,5-6,8-9,12H,4,7,10,15H2,(H,16,17)(H,18,19);1H/b9-8+;/t12-;/m0./s1. The van der Waals surface area contributed by atoms with Crippen LogP contribution in [0.1, 0.15) is 18.4 Å². The summed E-state index contributed by atoms with van der Waals surface area (Å²) in [4.78, 5) is 22.5. The van der Waals surface area contributed by atoms with Crippen molar-refractivity contribution in [1.29, 1.82) is 0 Å². The molecule has 0 saturated carbocycles. The van der Waals surface area contributed by atoms with Crippen molar-refractivity contribution in [2.24, 2.45) is 5.73 Å². The zero-order valence-corrected chi connectivity index (χ0v) is 11.8. The molecule has 1 amide bonds. The molecule has 0 aromatic heterocycles. The largest absolute Gasteiger partial charge is 0.480 e. The Labute approximate surface area is 124 Å². The zero-order valence-electron chi connectivity index (χ0n) is 11.0. The number of carbonyl (C=O) groups excluding carboxylic acids is 1. The number of hydrogen-bond acceptors (Lipinski definition) is 3. The van der Waals surface area contributed by atoms with E-state index in [0.29, 0.717) is 19.4 Å². The molecule has 0 aliphatic rings. The SMILES string of the molecule is Cl.NCCC[C@H](NC(=O)/C=C/c1ccccc1)C(=O)O. The number of halogens is 1. The summed E-state index contributed by atoms with van der Waals surface area (Å²) in [6, 6.07) is 8.42. The van der Waals surface area contributed by atoms with E-state index in [1.165, 1.54) is 6.08 Å². The summed E-state index contributed by atoms with van der Waals surface area (Å²) in [6.07, 6.45) is 3.85. The van der Waals surface area contributed by atoms with Gasteiger partial charge in [-0.25, -0.2) is 4.79 Å². The van der Waals surface area contributed by atoms with Crippen LogP contribution < -0.4 is 11.1 Å². The quantitative estimate of drug-likeness (QED) is 0.664. The molecule has 0 aliphatic heterocycles. The van der Waals surface area contributed by atoms with E-state index in [1.54, 1.807) is 6.08 Å². The average molecular weight is 299 g/mol. The first-order chi connectivity index (χ1) is 9.13. The van der Waals surface area contributed by atoms with Gasteiger partial charge in [0.25, 0.3) is 0 Å². The van der Waals surface area contributed by atoms with Crippen LogP contribution in [0, 0.1) is 0 Å². The molecule has 0 unspecified atom stereocenters. The molecular formula is C14H19ClN2O3. The molecule has 1 atom stereocenters. The van der Waals surface area contributed by atoms with Gasteiger partial charge in [-0.1, -0.05) is 30.3 Å². The molecule has 0 spiro atoms. The van der Waals surface area contributed by atoms with E-state index >= 15 is 0 Å². The minimum absolute atomic E-state index is 0. The van der Waals surface area contributed by atoms with E-state index in [2.05, 4.69) is 5.32 Å². The molecule has 5 nitrogen and oxygen atoms in total. The topological polar surface area (TPSA) is 92.4 Å². The molecule has 0 heterocycles. The minimum Gasteiger partial charge on any atom is -0.480 e. The van der Waals surface area contributed by atoms with E-state index in [-0.39, 0.29) is 12.4 Å². The summed E-state index contributed by atoms with van der Waals surface area (Å²) >= 11 is 0. The number of rotatable bonds is 7. The molecule has 0 aliphatic carbocycles. The second-order valence-corrected chi connectivity index (χ2v) is 4.07. The molecule has 0 saturated heterocycles. The van der Waals surface area contributed by atoms with E-state index < -0.39 is 17.9 Å². The minimum atomic E-state index is -1.05. The summed E-state index contributed by atoms with van der Waals surface area (Å²) < 4.78 is 0. The lowest BCUT2D eigenvalue weighted by Gasteiger charge is -2.12. The molecule has 6 heteroatoms. The van der Waals surface area contributed by atoms with Crippen LogP contribution in [0.25, 0.3) is 6.08 Å². The number of amides is 1. The molecule has 1 aromatic rings. The maximum Gasteiger partial charge on any atom is 0.326 e. The van der Waals surface area contributed by atoms with Crippen molar-refractivity contribution in [3.8, 4) is 0 Å². The van der Waals surface area contributed by atoms with Gasteiger partial charge in [0.2, 0.25) is 5.91 Å². The number of benzene rings is 1. The summed E-state index contributed by atoms with van der Waals surface area (Å²) in [5, 5.41) is 11.4. The van der Waals surface area contributed by atoms with Gasteiger partial charge in [0.1, 0.15) is 6.04 Å². The summed E-state index contributed by atoms with van der Waals surface area (Å²) in [5.41, 5.74) is 6.20. The van der Waals surface area contributed by atoms with Crippen LogP contribution in [0.2, 0.25) is 0 Å². The lowest BCUT2D eigenvalue weighted by Crippen LogP contribution is -2.40. The fourth-order valence-corrected chi connectivity index (χ4v) is 1.54. The van der Waals surface area contributed by atoms with Crippen molar-refractivity contribution >= 4 is 30.4 Å². The molecule has 0 bridgehead atoms. The Morgan fingerprint density at radius 1 is 1.30 bits per heavy atom. The monoisotopic (exact) mass is 298 g/mol. The molecular weight excluding hydrogens is 280 g/mol. The molecule has 0 radical (unpaired) electrons. The Morgan fingerprint density at radius 3 is 2.50 bits per heavy atom. The number of aliphatic carboxylic acids is 1. The number of carboxylic acid groups (broad SMARTS) is 1. The molecule has 20 heavy (non-hydrogen) atoms.